The molecule has 0 atom stereocenters. The molecular weight excluding hydrogens is 294 g/mol. The van der Waals surface area contributed by atoms with Gasteiger partial charge in [-0.2, -0.15) is 8.78 Å². The molecule has 6 heteroatoms. The summed E-state index contributed by atoms with van der Waals surface area (Å²) in [6.07, 6.45) is 5.35. The number of thioether (sulfide) groups is 1. The van der Waals surface area contributed by atoms with Crippen LogP contribution in [0.25, 0.3) is 0 Å². The molecule has 1 aromatic rings. The van der Waals surface area contributed by atoms with Gasteiger partial charge in [-0.3, -0.25) is 0 Å². The second-order valence-electron chi connectivity index (χ2n) is 5.54. The molecule has 0 amide bonds. The standard InChI is InChI=1S/C15H24F2N2OS/c1-19(12-4-2-3-5-12)9-8-18-10-13-6-7-14(20-13)11-21-15(16)17/h6-7,12,15,18H,2-5,8-11H2,1H3. The molecule has 1 aliphatic carbocycles. The summed E-state index contributed by atoms with van der Waals surface area (Å²) in [5.41, 5.74) is 0. The van der Waals surface area contributed by atoms with E-state index in [0.29, 0.717) is 24.1 Å². The van der Waals surface area contributed by atoms with Crippen molar-refractivity contribution in [3.8, 4) is 0 Å². The predicted octanol–water partition coefficient (Wildman–Crippen LogP) is 3.70. The van der Waals surface area contributed by atoms with Crippen molar-refractivity contribution in [1.82, 2.24) is 10.2 Å². The molecule has 21 heavy (non-hydrogen) atoms. The lowest BCUT2D eigenvalue weighted by atomic mass is 10.2. The van der Waals surface area contributed by atoms with E-state index in [1.165, 1.54) is 25.7 Å². The highest BCUT2D eigenvalue weighted by Gasteiger charge is 2.18. The topological polar surface area (TPSA) is 28.4 Å². The molecule has 0 aliphatic heterocycles. The Labute approximate surface area is 129 Å². The SMILES string of the molecule is CN(CCNCc1ccc(CSC(F)F)o1)C1CCCC1. The monoisotopic (exact) mass is 318 g/mol. The van der Waals surface area contributed by atoms with Gasteiger partial charge >= 0.3 is 0 Å². The lowest BCUT2D eigenvalue weighted by Gasteiger charge is -2.23. The van der Waals surface area contributed by atoms with Gasteiger partial charge in [-0.25, -0.2) is 0 Å². The summed E-state index contributed by atoms with van der Waals surface area (Å²) in [6, 6.07) is 4.37. The Morgan fingerprint density at radius 3 is 2.76 bits per heavy atom. The smallest absolute Gasteiger partial charge is 0.284 e. The number of furan rings is 1. The van der Waals surface area contributed by atoms with Crippen LogP contribution in [-0.4, -0.2) is 36.8 Å². The number of nitrogens with zero attached hydrogens (tertiary/aromatic N) is 1. The van der Waals surface area contributed by atoms with Crippen molar-refractivity contribution in [1.29, 1.82) is 0 Å². The molecule has 1 fully saturated rings. The number of hydrogen-bond acceptors (Lipinski definition) is 4. The maximum atomic E-state index is 12.1. The van der Waals surface area contributed by atoms with Crippen LogP contribution in [0.1, 0.15) is 37.2 Å². The van der Waals surface area contributed by atoms with Crippen molar-refractivity contribution in [2.45, 2.75) is 49.8 Å². The van der Waals surface area contributed by atoms with Crippen molar-refractivity contribution in [2.24, 2.45) is 0 Å². The van der Waals surface area contributed by atoms with Crippen LogP contribution in [0.2, 0.25) is 0 Å². The molecule has 1 heterocycles. The van der Waals surface area contributed by atoms with Crippen LogP contribution in [0.3, 0.4) is 0 Å². The normalized spacial score (nSPS) is 16.4. The average Bonchev–Trinajstić information content (AvgIpc) is 3.12. The largest absolute Gasteiger partial charge is 0.464 e. The molecule has 3 nitrogen and oxygen atoms in total. The quantitative estimate of drug-likeness (QED) is 0.703. The van der Waals surface area contributed by atoms with Gasteiger partial charge in [0.1, 0.15) is 11.5 Å². The van der Waals surface area contributed by atoms with Gasteiger partial charge in [0.15, 0.2) is 0 Å². The molecule has 0 aromatic carbocycles. The fourth-order valence-corrected chi connectivity index (χ4v) is 3.18. The fourth-order valence-electron chi connectivity index (χ4n) is 2.73. The van der Waals surface area contributed by atoms with Crippen LogP contribution in [-0.2, 0) is 12.3 Å². The number of likely N-dealkylation sites (N-methyl/N-ethyl adjacent to an activating group) is 1. The fraction of sp³-hybridized carbons (Fsp3) is 0.733. The van der Waals surface area contributed by atoms with Crippen molar-refractivity contribution >= 4 is 11.8 Å². The van der Waals surface area contributed by atoms with Crippen LogP contribution < -0.4 is 5.32 Å². The molecule has 1 aromatic heterocycles. The lowest BCUT2D eigenvalue weighted by Crippen LogP contribution is -2.35. The summed E-state index contributed by atoms with van der Waals surface area (Å²) >= 11 is 0.590. The Morgan fingerprint density at radius 1 is 1.33 bits per heavy atom. The van der Waals surface area contributed by atoms with Gasteiger partial charge in [-0.05, 0) is 32.0 Å². The van der Waals surface area contributed by atoms with E-state index in [2.05, 4.69) is 17.3 Å². The second kappa shape index (κ2) is 8.76. The van der Waals surface area contributed by atoms with E-state index in [0.717, 1.165) is 24.9 Å². The third-order valence-electron chi connectivity index (χ3n) is 3.96. The van der Waals surface area contributed by atoms with Gasteiger partial charge in [0.2, 0.25) is 0 Å². The zero-order valence-electron chi connectivity index (χ0n) is 12.5. The number of alkyl halides is 2. The van der Waals surface area contributed by atoms with E-state index in [9.17, 15) is 8.78 Å². The van der Waals surface area contributed by atoms with Gasteiger partial charge in [-0.1, -0.05) is 24.6 Å². The van der Waals surface area contributed by atoms with Crippen LogP contribution in [0.4, 0.5) is 8.78 Å². The first-order chi connectivity index (χ1) is 10.1. The molecule has 2 rings (SSSR count). The summed E-state index contributed by atoms with van der Waals surface area (Å²) < 4.78 is 29.7. The summed E-state index contributed by atoms with van der Waals surface area (Å²) in [4.78, 5) is 2.42. The minimum Gasteiger partial charge on any atom is -0.464 e. The number of halogens is 2. The highest BCUT2D eigenvalue weighted by Crippen LogP contribution is 2.22. The Balaban J connectivity index is 1.60. The molecule has 1 aliphatic rings. The van der Waals surface area contributed by atoms with Crippen molar-refractivity contribution in [3.63, 3.8) is 0 Å². The third-order valence-corrected chi connectivity index (χ3v) is 4.66. The van der Waals surface area contributed by atoms with Crippen LogP contribution >= 0.6 is 11.8 Å². The molecule has 1 N–H and O–H groups in total. The number of rotatable bonds is 9. The highest BCUT2D eigenvalue weighted by molar-refractivity contribution is 7.98. The van der Waals surface area contributed by atoms with E-state index in [1.54, 1.807) is 6.07 Å². The maximum absolute atomic E-state index is 12.1. The van der Waals surface area contributed by atoms with Crippen LogP contribution in [0.15, 0.2) is 16.5 Å². The molecule has 120 valence electrons. The van der Waals surface area contributed by atoms with Crippen molar-refractivity contribution < 1.29 is 13.2 Å². The zero-order chi connectivity index (χ0) is 15.1. The van der Waals surface area contributed by atoms with E-state index in [1.807, 2.05) is 6.07 Å². The number of hydrogen-bond donors (Lipinski definition) is 1. The van der Waals surface area contributed by atoms with E-state index in [-0.39, 0.29) is 5.75 Å². The first-order valence-corrected chi connectivity index (χ1v) is 8.58. The summed E-state index contributed by atoms with van der Waals surface area (Å²) in [7, 11) is 2.18. The number of nitrogens with one attached hydrogen (secondary N) is 1. The van der Waals surface area contributed by atoms with Gasteiger partial charge in [0, 0.05) is 19.1 Å². The summed E-state index contributed by atoms with van der Waals surface area (Å²) in [6.45, 7) is 2.59. The van der Waals surface area contributed by atoms with Crippen LogP contribution in [0.5, 0.6) is 0 Å². The maximum Gasteiger partial charge on any atom is 0.284 e. The summed E-state index contributed by atoms with van der Waals surface area (Å²) in [5.74, 6) is -0.700. The molecule has 0 unspecified atom stereocenters. The molecule has 0 radical (unpaired) electrons. The first-order valence-electron chi connectivity index (χ1n) is 7.53. The zero-order valence-corrected chi connectivity index (χ0v) is 13.3. The second-order valence-corrected chi connectivity index (χ2v) is 6.51. The summed E-state index contributed by atoms with van der Waals surface area (Å²) in [5, 5.41) is 3.34. The minimum absolute atomic E-state index is 0.224. The van der Waals surface area contributed by atoms with Crippen molar-refractivity contribution in [2.75, 3.05) is 20.1 Å². The molecular formula is C15H24F2N2OS. The molecule has 0 saturated heterocycles. The van der Waals surface area contributed by atoms with Gasteiger partial charge < -0.3 is 14.6 Å². The minimum atomic E-state index is -2.34. The third kappa shape index (κ3) is 5.96. The van der Waals surface area contributed by atoms with E-state index in [4.69, 9.17) is 4.42 Å². The van der Waals surface area contributed by atoms with Crippen LogP contribution in [0, 0.1) is 0 Å². The highest BCUT2D eigenvalue weighted by atomic mass is 32.2. The molecule has 1 saturated carbocycles. The first kappa shape index (κ1) is 16.8. The van der Waals surface area contributed by atoms with Gasteiger partial charge in [0.25, 0.3) is 5.76 Å². The Morgan fingerprint density at radius 2 is 2.05 bits per heavy atom. The van der Waals surface area contributed by atoms with Crippen molar-refractivity contribution in [3.05, 3.63) is 23.7 Å². The van der Waals surface area contributed by atoms with E-state index < -0.39 is 5.76 Å². The lowest BCUT2D eigenvalue weighted by molar-refractivity contribution is 0.244. The van der Waals surface area contributed by atoms with Gasteiger partial charge in [-0.15, -0.1) is 0 Å². The average molecular weight is 318 g/mol. The Hall–Kier alpha value is -0.590. The Bertz CT molecular complexity index is 408. The van der Waals surface area contributed by atoms with E-state index >= 15 is 0 Å². The molecule has 0 bridgehead atoms. The van der Waals surface area contributed by atoms with Gasteiger partial charge in [0.05, 0.1) is 12.3 Å². The Kier molecular flexibility index (Phi) is 6.99. The predicted molar refractivity (Wildman–Crippen MR) is 82.6 cm³/mol. The molecule has 0 spiro atoms.